The molecule has 0 saturated carbocycles. The molecule has 0 atom stereocenters. The first-order valence-corrected chi connectivity index (χ1v) is 4.96. The fourth-order valence-electron chi connectivity index (χ4n) is 1.26. The molecular formula is C11H10N4O2. The second kappa shape index (κ2) is 4.56. The summed E-state index contributed by atoms with van der Waals surface area (Å²) in [6.07, 6.45) is 1.23. The Balaban J connectivity index is 2.36. The van der Waals surface area contributed by atoms with Gasteiger partial charge in [0.15, 0.2) is 5.69 Å². The Labute approximate surface area is 96.1 Å². The largest absolute Gasteiger partial charge is 0.325 e. The van der Waals surface area contributed by atoms with Crippen molar-refractivity contribution in [2.24, 2.45) is 10.2 Å². The Morgan fingerprint density at radius 1 is 1.06 bits per heavy atom. The van der Waals surface area contributed by atoms with Crippen molar-refractivity contribution in [3.8, 4) is 0 Å². The lowest BCUT2D eigenvalue weighted by atomic mass is 10.2. The zero-order chi connectivity index (χ0) is 12.3. The van der Waals surface area contributed by atoms with E-state index in [-0.39, 0.29) is 5.69 Å². The third-order valence-electron chi connectivity index (χ3n) is 2.18. The first kappa shape index (κ1) is 11.0. The number of aryl methyl sites for hydroxylation is 1. The van der Waals surface area contributed by atoms with Crippen molar-refractivity contribution in [1.82, 2.24) is 9.97 Å². The summed E-state index contributed by atoms with van der Waals surface area (Å²) in [6.45, 7) is 1.89. The van der Waals surface area contributed by atoms with E-state index in [2.05, 4.69) is 20.2 Å². The lowest BCUT2D eigenvalue weighted by Crippen LogP contribution is -2.20. The van der Waals surface area contributed by atoms with Gasteiger partial charge < -0.3 is 4.98 Å². The van der Waals surface area contributed by atoms with Crippen LogP contribution in [0.1, 0.15) is 5.56 Å². The number of nitrogens with zero attached hydrogens (tertiary/aromatic N) is 2. The van der Waals surface area contributed by atoms with E-state index in [1.54, 1.807) is 6.07 Å². The molecule has 6 heteroatoms. The number of H-pyrrole nitrogens is 2. The van der Waals surface area contributed by atoms with Crippen LogP contribution in [0.15, 0.2) is 50.3 Å². The summed E-state index contributed by atoms with van der Waals surface area (Å²) < 4.78 is 0. The molecule has 0 aliphatic heterocycles. The summed E-state index contributed by atoms with van der Waals surface area (Å²) in [5.74, 6) is 0. The second-order valence-electron chi connectivity index (χ2n) is 3.44. The average Bonchev–Trinajstić information content (AvgIpc) is 2.30. The van der Waals surface area contributed by atoms with Crippen LogP contribution in [-0.4, -0.2) is 9.97 Å². The quantitative estimate of drug-likeness (QED) is 0.770. The maximum absolute atomic E-state index is 11.3. The van der Waals surface area contributed by atoms with Gasteiger partial charge in [-0.2, -0.15) is 5.11 Å². The van der Waals surface area contributed by atoms with Gasteiger partial charge in [-0.25, -0.2) is 4.79 Å². The molecule has 1 heterocycles. The molecule has 0 aliphatic carbocycles. The standard InChI is InChI=1S/C11H10N4O2/c1-7-4-2-3-5-8(7)14-15-9-6-12-11(17)13-10(9)16/h2-6H,1H3,(H2,12,13,16,17). The number of hydrogen-bond acceptors (Lipinski definition) is 4. The van der Waals surface area contributed by atoms with E-state index < -0.39 is 11.2 Å². The minimum Gasteiger partial charge on any atom is -0.312 e. The Bertz CT molecular complexity index is 669. The van der Waals surface area contributed by atoms with Crippen molar-refractivity contribution in [3.63, 3.8) is 0 Å². The van der Waals surface area contributed by atoms with Crippen molar-refractivity contribution in [3.05, 3.63) is 56.9 Å². The summed E-state index contributed by atoms with van der Waals surface area (Å²) in [5.41, 5.74) is 0.569. The van der Waals surface area contributed by atoms with Crippen molar-refractivity contribution >= 4 is 11.4 Å². The number of benzene rings is 1. The van der Waals surface area contributed by atoms with Crippen molar-refractivity contribution in [1.29, 1.82) is 0 Å². The molecule has 1 aromatic carbocycles. The number of nitrogens with one attached hydrogen (secondary N) is 2. The van der Waals surface area contributed by atoms with Crippen LogP contribution in [0, 0.1) is 6.92 Å². The summed E-state index contributed by atoms with van der Waals surface area (Å²) in [7, 11) is 0. The molecule has 2 N–H and O–H groups in total. The molecule has 0 radical (unpaired) electrons. The highest BCUT2D eigenvalue weighted by Crippen LogP contribution is 2.18. The predicted molar refractivity (Wildman–Crippen MR) is 63.0 cm³/mol. The van der Waals surface area contributed by atoms with Gasteiger partial charge in [0.05, 0.1) is 5.69 Å². The highest BCUT2D eigenvalue weighted by atomic mass is 16.2. The van der Waals surface area contributed by atoms with Gasteiger partial charge in [-0.15, -0.1) is 5.11 Å². The second-order valence-corrected chi connectivity index (χ2v) is 3.44. The molecule has 0 aliphatic rings. The molecule has 0 unspecified atom stereocenters. The molecule has 0 amide bonds. The third kappa shape index (κ3) is 2.54. The van der Waals surface area contributed by atoms with Crippen LogP contribution in [0.3, 0.4) is 0 Å². The Kier molecular flexibility index (Phi) is 2.95. The molecular weight excluding hydrogens is 220 g/mol. The van der Waals surface area contributed by atoms with Gasteiger partial charge in [-0.05, 0) is 18.6 Å². The highest BCUT2D eigenvalue weighted by Gasteiger charge is 1.98. The van der Waals surface area contributed by atoms with E-state index in [9.17, 15) is 9.59 Å². The minimum atomic E-state index is -0.565. The number of aromatic nitrogens is 2. The smallest absolute Gasteiger partial charge is 0.312 e. The van der Waals surface area contributed by atoms with Crippen molar-refractivity contribution in [2.75, 3.05) is 0 Å². The minimum absolute atomic E-state index is 0.0628. The van der Waals surface area contributed by atoms with Crippen molar-refractivity contribution < 1.29 is 0 Å². The van der Waals surface area contributed by atoms with E-state index in [0.717, 1.165) is 5.56 Å². The van der Waals surface area contributed by atoms with Crippen LogP contribution < -0.4 is 11.2 Å². The third-order valence-corrected chi connectivity index (χ3v) is 2.18. The van der Waals surface area contributed by atoms with Gasteiger partial charge in [-0.1, -0.05) is 18.2 Å². The fraction of sp³-hybridized carbons (Fsp3) is 0.0909. The maximum atomic E-state index is 11.3. The van der Waals surface area contributed by atoms with Gasteiger partial charge in [0.1, 0.15) is 0 Å². The SMILES string of the molecule is Cc1ccccc1N=Nc1c[nH]c(=O)[nH]c1=O. The molecule has 17 heavy (non-hydrogen) atoms. The van der Waals surface area contributed by atoms with E-state index in [4.69, 9.17) is 0 Å². The topological polar surface area (TPSA) is 90.4 Å². The molecule has 2 rings (SSSR count). The van der Waals surface area contributed by atoms with Gasteiger partial charge >= 0.3 is 5.69 Å². The van der Waals surface area contributed by atoms with Crippen LogP contribution in [0.4, 0.5) is 11.4 Å². The molecule has 0 fully saturated rings. The molecule has 0 bridgehead atoms. The van der Waals surface area contributed by atoms with Crippen LogP contribution in [0.2, 0.25) is 0 Å². The van der Waals surface area contributed by atoms with Crippen LogP contribution >= 0.6 is 0 Å². The van der Waals surface area contributed by atoms with E-state index in [1.165, 1.54) is 6.20 Å². The van der Waals surface area contributed by atoms with Gasteiger partial charge in [0, 0.05) is 6.20 Å². The van der Waals surface area contributed by atoms with Gasteiger partial charge in [-0.3, -0.25) is 9.78 Å². The van der Waals surface area contributed by atoms with Crippen LogP contribution in [0.5, 0.6) is 0 Å². The maximum Gasteiger partial charge on any atom is 0.325 e. The number of azo groups is 1. The zero-order valence-electron chi connectivity index (χ0n) is 9.10. The Hall–Kier alpha value is -2.50. The van der Waals surface area contributed by atoms with E-state index in [1.807, 2.05) is 25.1 Å². The summed E-state index contributed by atoms with van der Waals surface area (Å²) in [6, 6.07) is 7.41. The lowest BCUT2D eigenvalue weighted by molar-refractivity contribution is 1.02. The predicted octanol–water partition coefficient (Wildman–Crippen LogP) is 1.79. The Morgan fingerprint density at radius 2 is 1.76 bits per heavy atom. The van der Waals surface area contributed by atoms with E-state index >= 15 is 0 Å². The van der Waals surface area contributed by atoms with Crippen molar-refractivity contribution in [2.45, 2.75) is 6.92 Å². The number of rotatable bonds is 2. The highest BCUT2D eigenvalue weighted by molar-refractivity contribution is 5.44. The van der Waals surface area contributed by atoms with Crippen LogP contribution in [-0.2, 0) is 0 Å². The lowest BCUT2D eigenvalue weighted by Gasteiger charge is -1.96. The van der Waals surface area contributed by atoms with Gasteiger partial charge in [0.25, 0.3) is 5.56 Å². The first-order valence-electron chi connectivity index (χ1n) is 4.96. The summed E-state index contributed by atoms with van der Waals surface area (Å²) in [5, 5.41) is 7.74. The molecule has 86 valence electrons. The monoisotopic (exact) mass is 230 g/mol. The number of hydrogen-bond donors (Lipinski definition) is 2. The van der Waals surface area contributed by atoms with Gasteiger partial charge in [0.2, 0.25) is 0 Å². The molecule has 6 nitrogen and oxygen atoms in total. The first-order chi connectivity index (χ1) is 8.16. The Morgan fingerprint density at radius 3 is 2.47 bits per heavy atom. The summed E-state index contributed by atoms with van der Waals surface area (Å²) in [4.78, 5) is 26.5. The van der Waals surface area contributed by atoms with Crippen LogP contribution in [0.25, 0.3) is 0 Å². The normalized spacial score (nSPS) is 10.9. The molecule has 0 saturated heterocycles. The zero-order valence-corrected chi connectivity index (χ0v) is 9.10. The molecule has 1 aromatic heterocycles. The fourth-order valence-corrected chi connectivity index (χ4v) is 1.26. The van der Waals surface area contributed by atoms with E-state index in [0.29, 0.717) is 5.69 Å². The average molecular weight is 230 g/mol. The summed E-state index contributed by atoms with van der Waals surface area (Å²) >= 11 is 0. The molecule has 0 spiro atoms. The molecule has 2 aromatic rings. The number of aromatic amines is 2.